The van der Waals surface area contributed by atoms with Gasteiger partial charge in [0.15, 0.2) is 0 Å². The van der Waals surface area contributed by atoms with Crippen molar-refractivity contribution in [3.63, 3.8) is 0 Å². The monoisotopic (exact) mass is 442 g/mol. The second-order valence-electron chi connectivity index (χ2n) is 3.53. The van der Waals surface area contributed by atoms with E-state index in [0.717, 1.165) is 3.79 Å². The molecule has 0 amide bonds. The summed E-state index contributed by atoms with van der Waals surface area (Å²) in [6, 6.07) is 4.43. The number of alkyl halides is 1. The highest BCUT2D eigenvalue weighted by molar-refractivity contribution is 9.12. The van der Waals surface area contributed by atoms with Crippen molar-refractivity contribution >= 4 is 70.5 Å². The molecule has 1 unspecified atom stereocenters. The van der Waals surface area contributed by atoms with Crippen molar-refractivity contribution < 1.29 is 0 Å². The van der Waals surface area contributed by atoms with Crippen LogP contribution in [0.4, 0.5) is 0 Å². The molecule has 0 saturated heterocycles. The highest BCUT2D eigenvalue weighted by atomic mass is 79.9. The van der Waals surface area contributed by atoms with E-state index in [1.807, 2.05) is 11.3 Å². The van der Waals surface area contributed by atoms with Gasteiger partial charge in [-0.05, 0) is 69.0 Å². The summed E-state index contributed by atoms with van der Waals surface area (Å²) >= 11 is 14.5. The van der Waals surface area contributed by atoms with Crippen LogP contribution >= 0.6 is 70.5 Å². The van der Waals surface area contributed by atoms with Crippen LogP contribution in [-0.2, 0) is 0 Å². The van der Waals surface area contributed by atoms with Crippen LogP contribution in [0.15, 0.2) is 19.7 Å². The van der Waals surface area contributed by atoms with Gasteiger partial charge in [0, 0.05) is 9.75 Å². The first kappa shape index (κ1) is 13.3. The zero-order chi connectivity index (χ0) is 11.9. The second-order valence-corrected chi connectivity index (χ2v) is 9.48. The van der Waals surface area contributed by atoms with Gasteiger partial charge in [0.25, 0.3) is 0 Å². The molecule has 0 spiro atoms. The van der Waals surface area contributed by atoms with Gasteiger partial charge in [-0.1, -0.05) is 15.9 Å². The van der Waals surface area contributed by atoms with Crippen molar-refractivity contribution in [2.45, 2.75) is 18.7 Å². The molecular weight excluding hydrogens is 436 g/mol. The van der Waals surface area contributed by atoms with Crippen molar-refractivity contribution in [3.8, 4) is 0 Å². The molecule has 0 saturated carbocycles. The minimum atomic E-state index is 0.279. The van der Waals surface area contributed by atoms with E-state index < -0.39 is 0 Å². The maximum absolute atomic E-state index is 3.77. The quantitative estimate of drug-likeness (QED) is 0.468. The average Bonchev–Trinajstić information content (AvgIpc) is 2.70. The van der Waals surface area contributed by atoms with Crippen LogP contribution in [-0.4, -0.2) is 0 Å². The molecule has 2 heterocycles. The van der Waals surface area contributed by atoms with E-state index >= 15 is 0 Å². The Balaban J connectivity index is 2.38. The summed E-state index contributed by atoms with van der Waals surface area (Å²) in [6.07, 6.45) is 0. The lowest BCUT2D eigenvalue weighted by Gasteiger charge is -2.05. The van der Waals surface area contributed by atoms with Gasteiger partial charge in [0.05, 0.1) is 12.4 Å². The van der Waals surface area contributed by atoms with Crippen LogP contribution in [0.5, 0.6) is 0 Å². The molecule has 0 N–H and O–H groups in total. The van der Waals surface area contributed by atoms with Crippen LogP contribution < -0.4 is 0 Å². The minimum Gasteiger partial charge on any atom is -0.144 e. The lowest BCUT2D eigenvalue weighted by molar-refractivity contribution is 1.23. The van der Waals surface area contributed by atoms with Crippen LogP contribution in [0.1, 0.15) is 25.7 Å². The van der Waals surface area contributed by atoms with Gasteiger partial charge in [0.1, 0.15) is 0 Å². The third-order valence-corrected chi connectivity index (χ3v) is 7.28. The van der Waals surface area contributed by atoms with E-state index in [1.54, 1.807) is 11.3 Å². The lowest BCUT2D eigenvalue weighted by atomic mass is 10.2. The Morgan fingerprint density at radius 3 is 2.25 bits per heavy atom. The molecule has 2 aromatic heterocycles. The summed E-state index contributed by atoms with van der Waals surface area (Å²) in [4.78, 5) is 3.03. The Morgan fingerprint density at radius 2 is 1.81 bits per heavy atom. The normalized spacial score (nSPS) is 13.1. The van der Waals surface area contributed by atoms with Crippen LogP contribution in [0, 0.1) is 13.8 Å². The first-order chi connectivity index (χ1) is 7.49. The highest BCUT2D eigenvalue weighted by Gasteiger charge is 2.18. The first-order valence-corrected chi connectivity index (χ1v) is 8.78. The molecule has 0 aliphatic heterocycles. The Bertz CT molecular complexity index is 494. The Morgan fingerprint density at radius 1 is 1.12 bits per heavy atom. The Kier molecular flexibility index (Phi) is 4.33. The van der Waals surface area contributed by atoms with Crippen LogP contribution in [0.25, 0.3) is 0 Å². The maximum Gasteiger partial charge on any atom is 0.0757 e. The lowest BCUT2D eigenvalue weighted by Crippen LogP contribution is -1.86. The topological polar surface area (TPSA) is 0 Å². The van der Waals surface area contributed by atoms with Crippen molar-refractivity contribution in [1.82, 2.24) is 0 Å². The maximum atomic E-state index is 3.77. The standard InChI is InChI=1S/C11H9Br3S2/c1-5-3-8(15-6(5)2)10(13)7-4-9(12)16-11(7)14/h3-4,10H,1-2H3. The molecule has 0 bridgehead atoms. The van der Waals surface area contributed by atoms with Crippen molar-refractivity contribution in [2.75, 3.05) is 0 Å². The van der Waals surface area contributed by atoms with Gasteiger partial charge >= 0.3 is 0 Å². The molecule has 0 nitrogen and oxygen atoms in total. The molecule has 86 valence electrons. The molecule has 2 aromatic rings. The molecule has 5 heteroatoms. The smallest absolute Gasteiger partial charge is 0.0757 e. The highest BCUT2D eigenvalue weighted by Crippen LogP contribution is 2.44. The van der Waals surface area contributed by atoms with E-state index in [0.29, 0.717) is 0 Å². The van der Waals surface area contributed by atoms with Gasteiger partial charge in [0.2, 0.25) is 0 Å². The van der Waals surface area contributed by atoms with Gasteiger partial charge in [-0.2, -0.15) is 0 Å². The van der Waals surface area contributed by atoms with Crippen molar-refractivity contribution in [2.24, 2.45) is 0 Å². The van der Waals surface area contributed by atoms with Gasteiger partial charge in [-0.15, -0.1) is 22.7 Å². The largest absolute Gasteiger partial charge is 0.144 e. The second kappa shape index (κ2) is 5.22. The van der Waals surface area contributed by atoms with E-state index in [-0.39, 0.29) is 4.83 Å². The van der Waals surface area contributed by atoms with E-state index in [2.05, 4.69) is 73.8 Å². The Hall–Kier alpha value is 0.840. The number of halogens is 3. The molecule has 0 aliphatic rings. The molecule has 2 rings (SSSR count). The summed E-state index contributed by atoms with van der Waals surface area (Å²) in [5.41, 5.74) is 2.66. The molecule has 0 aliphatic carbocycles. The van der Waals surface area contributed by atoms with Crippen molar-refractivity contribution in [1.29, 1.82) is 0 Å². The summed E-state index contributed by atoms with van der Waals surface area (Å²) < 4.78 is 2.34. The fourth-order valence-electron chi connectivity index (χ4n) is 1.41. The zero-order valence-electron chi connectivity index (χ0n) is 8.68. The number of hydrogen-bond donors (Lipinski definition) is 0. The summed E-state index contributed by atoms with van der Waals surface area (Å²) in [6.45, 7) is 4.33. The third-order valence-electron chi connectivity index (χ3n) is 2.39. The van der Waals surface area contributed by atoms with Gasteiger partial charge < -0.3 is 0 Å². The van der Waals surface area contributed by atoms with Crippen LogP contribution in [0.3, 0.4) is 0 Å². The predicted octanol–water partition coefficient (Wildman–Crippen LogP) is 6.44. The SMILES string of the molecule is Cc1cc(C(Br)c2cc(Br)sc2Br)sc1C. The molecule has 1 atom stereocenters. The molecule has 16 heavy (non-hydrogen) atoms. The number of hydrogen-bond acceptors (Lipinski definition) is 2. The molecule has 0 radical (unpaired) electrons. The first-order valence-electron chi connectivity index (χ1n) is 4.64. The van der Waals surface area contributed by atoms with Gasteiger partial charge in [-0.25, -0.2) is 0 Å². The molecule has 0 fully saturated rings. The number of aryl methyl sites for hydroxylation is 2. The zero-order valence-corrected chi connectivity index (χ0v) is 15.1. The predicted molar refractivity (Wildman–Crippen MR) is 84.3 cm³/mol. The number of rotatable bonds is 2. The average molecular weight is 445 g/mol. The summed E-state index contributed by atoms with van der Waals surface area (Å²) in [5.74, 6) is 0. The fraction of sp³-hybridized carbons (Fsp3) is 0.273. The number of thiophene rings is 2. The molecular formula is C11H9Br3S2. The van der Waals surface area contributed by atoms with E-state index in [1.165, 1.54) is 24.7 Å². The minimum absolute atomic E-state index is 0.279. The molecule has 0 aromatic carbocycles. The summed E-state index contributed by atoms with van der Waals surface area (Å²) in [5, 5.41) is 0. The Labute approximate surface area is 128 Å². The third kappa shape index (κ3) is 2.64. The van der Waals surface area contributed by atoms with E-state index in [4.69, 9.17) is 0 Å². The summed E-state index contributed by atoms with van der Waals surface area (Å²) in [7, 11) is 0. The van der Waals surface area contributed by atoms with Crippen molar-refractivity contribution in [3.05, 3.63) is 40.6 Å². The van der Waals surface area contributed by atoms with Crippen LogP contribution in [0.2, 0.25) is 0 Å². The van der Waals surface area contributed by atoms with E-state index in [9.17, 15) is 0 Å². The van der Waals surface area contributed by atoms with Gasteiger partial charge in [-0.3, -0.25) is 0 Å². The fourth-order valence-corrected chi connectivity index (χ4v) is 6.58.